The number of hydrogen-bond acceptors (Lipinski definition) is 3. The topological polar surface area (TPSA) is 29.0 Å². The molecule has 0 radical (unpaired) electrons. The molecule has 2 aromatic carbocycles. The van der Waals surface area contributed by atoms with Crippen LogP contribution in [-0.2, 0) is 0 Å². The molecule has 0 aliphatic carbocycles. The van der Waals surface area contributed by atoms with E-state index in [-0.39, 0.29) is 0 Å². The van der Waals surface area contributed by atoms with Crippen LogP contribution < -0.4 is 4.90 Å². The van der Waals surface area contributed by atoms with Gasteiger partial charge in [-0.25, -0.2) is 9.97 Å². The number of piperidine rings is 1. The molecule has 24 heavy (non-hydrogen) atoms. The minimum absolute atomic E-state index is 0.860. The van der Waals surface area contributed by atoms with E-state index in [1.54, 1.807) is 0 Å². The second kappa shape index (κ2) is 6.83. The van der Waals surface area contributed by atoms with E-state index >= 15 is 0 Å². The van der Waals surface area contributed by atoms with Crippen LogP contribution in [0, 0.1) is 0 Å². The summed E-state index contributed by atoms with van der Waals surface area (Å²) in [5, 5.41) is 0. The Balaban J connectivity index is 1.59. The zero-order valence-corrected chi connectivity index (χ0v) is 13.7. The Labute approximate surface area is 143 Å². The minimum atomic E-state index is 0.860. The summed E-state index contributed by atoms with van der Waals surface area (Å²) in [6.45, 7) is 2.13. The summed E-state index contributed by atoms with van der Waals surface area (Å²) in [6, 6.07) is 21.0. The average Bonchev–Trinajstić information content (AvgIpc) is 2.70. The first kappa shape index (κ1) is 14.9. The second-order valence-electron chi connectivity index (χ2n) is 6.23. The molecule has 0 amide bonds. The number of hydrogen-bond donors (Lipinski definition) is 0. The van der Waals surface area contributed by atoms with Crippen molar-refractivity contribution < 1.29 is 0 Å². The van der Waals surface area contributed by atoms with Gasteiger partial charge in [0.15, 0.2) is 0 Å². The van der Waals surface area contributed by atoms with Crippen molar-refractivity contribution in [3.05, 3.63) is 66.9 Å². The normalized spacial score (nSPS) is 14.6. The Morgan fingerprint density at radius 2 is 1.33 bits per heavy atom. The van der Waals surface area contributed by atoms with Crippen molar-refractivity contribution in [2.24, 2.45) is 0 Å². The van der Waals surface area contributed by atoms with Gasteiger partial charge in [-0.3, -0.25) is 0 Å². The van der Waals surface area contributed by atoms with Gasteiger partial charge in [0.1, 0.15) is 0 Å². The maximum Gasteiger partial charge on any atom is 0.225 e. The Hall–Kier alpha value is -2.68. The van der Waals surface area contributed by atoms with Gasteiger partial charge in [0.05, 0.1) is 5.69 Å². The molecule has 4 rings (SSSR count). The van der Waals surface area contributed by atoms with E-state index in [0.29, 0.717) is 0 Å². The molecule has 1 aliphatic heterocycles. The molecule has 2 heterocycles. The van der Waals surface area contributed by atoms with Gasteiger partial charge >= 0.3 is 0 Å². The van der Waals surface area contributed by atoms with E-state index in [1.807, 2.05) is 18.3 Å². The van der Waals surface area contributed by atoms with Gasteiger partial charge in [-0.05, 0) is 36.5 Å². The first-order chi connectivity index (χ1) is 11.9. The lowest BCUT2D eigenvalue weighted by Crippen LogP contribution is -2.30. The van der Waals surface area contributed by atoms with Crippen LogP contribution in [0.2, 0.25) is 0 Å². The Morgan fingerprint density at radius 3 is 2.08 bits per heavy atom. The van der Waals surface area contributed by atoms with Gasteiger partial charge in [0, 0.05) is 24.8 Å². The quantitative estimate of drug-likeness (QED) is 0.695. The van der Waals surface area contributed by atoms with Gasteiger partial charge < -0.3 is 4.90 Å². The molecule has 0 unspecified atom stereocenters. The number of nitrogens with zero attached hydrogens (tertiary/aromatic N) is 3. The molecule has 3 heteroatoms. The summed E-state index contributed by atoms with van der Waals surface area (Å²) in [4.78, 5) is 11.5. The van der Waals surface area contributed by atoms with Gasteiger partial charge in [-0.1, -0.05) is 54.6 Å². The molecule has 1 aromatic heterocycles. The molecular weight excluding hydrogens is 294 g/mol. The van der Waals surface area contributed by atoms with Gasteiger partial charge in [0.2, 0.25) is 5.95 Å². The van der Waals surface area contributed by atoms with E-state index in [9.17, 15) is 0 Å². The van der Waals surface area contributed by atoms with Crippen molar-refractivity contribution in [3.63, 3.8) is 0 Å². The molecule has 3 nitrogen and oxygen atoms in total. The molecule has 1 aliphatic rings. The van der Waals surface area contributed by atoms with Crippen LogP contribution in [0.5, 0.6) is 0 Å². The first-order valence-electron chi connectivity index (χ1n) is 8.64. The van der Waals surface area contributed by atoms with Gasteiger partial charge in [-0.15, -0.1) is 0 Å². The predicted molar refractivity (Wildman–Crippen MR) is 99.0 cm³/mol. The first-order valence-corrected chi connectivity index (χ1v) is 8.64. The Morgan fingerprint density at radius 1 is 0.667 bits per heavy atom. The maximum absolute atomic E-state index is 4.78. The molecule has 0 bridgehead atoms. The SMILES string of the molecule is c1ccc(-c2ccc(-c3ccnc(N4CCCCC4)n3)cc2)cc1. The van der Waals surface area contributed by atoms with Crippen molar-refractivity contribution in [2.45, 2.75) is 19.3 Å². The minimum Gasteiger partial charge on any atom is -0.341 e. The van der Waals surface area contributed by atoms with E-state index in [4.69, 9.17) is 4.98 Å². The van der Waals surface area contributed by atoms with Crippen LogP contribution in [0.15, 0.2) is 66.9 Å². The van der Waals surface area contributed by atoms with Crippen LogP contribution in [0.3, 0.4) is 0 Å². The predicted octanol–water partition coefficient (Wildman–Crippen LogP) is 4.80. The molecule has 0 spiro atoms. The lowest BCUT2D eigenvalue weighted by atomic mass is 10.0. The van der Waals surface area contributed by atoms with Crippen LogP contribution in [0.4, 0.5) is 5.95 Å². The molecular formula is C21H21N3. The Kier molecular flexibility index (Phi) is 4.24. The standard InChI is InChI=1S/C21H21N3/c1-3-7-17(8-4-1)18-9-11-19(12-10-18)20-13-14-22-21(23-20)24-15-5-2-6-16-24/h1,3-4,7-14H,2,5-6,15-16H2. The molecule has 1 fully saturated rings. The summed E-state index contributed by atoms with van der Waals surface area (Å²) in [6.07, 6.45) is 5.66. The van der Waals surface area contributed by atoms with E-state index in [2.05, 4.69) is 58.4 Å². The van der Waals surface area contributed by atoms with Crippen LogP contribution in [-0.4, -0.2) is 23.1 Å². The van der Waals surface area contributed by atoms with Crippen LogP contribution in [0.1, 0.15) is 19.3 Å². The highest BCUT2D eigenvalue weighted by Gasteiger charge is 2.14. The number of aromatic nitrogens is 2. The highest BCUT2D eigenvalue weighted by atomic mass is 15.2. The number of benzene rings is 2. The second-order valence-corrected chi connectivity index (χ2v) is 6.23. The van der Waals surface area contributed by atoms with Crippen molar-refractivity contribution in [1.29, 1.82) is 0 Å². The monoisotopic (exact) mass is 315 g/mol. The number of anilines is 1. The molecule has 0 N–H and O–H groups in total. The summed E-state index contributed by atoms with van der Waals surface area (Å²) < 4.78 is 0. The van der Waals surface area contributed by atoms with Crippen molar-refractivity contribution in [2.75, 3.05) is 18.0 Å². The van der Waals surface area contributed by atoms with Crippen molar-refractivity contribution in [1.82, 2.24) is 9.97 Å². The van der Waals surface area contributed by atoms with E-state index < -0.39 is 0 Å². The molecule has 0 saturated carbocycles. The summed E-state index contributed by atoms with van der Waals surface area (Å²) in [5.41, 5.74) is 4.59. The fourth-order valence-corrected chi connectivity index (χ4v) is 3.22. The van der Waals surface area contributed by atoms with Gasteiger partial charge in [-0.2, -0.15) is 0 Å². The highest BCUT2D eigenvalue weighted by molar-refractivity contribution is 5.69. The fraction of sp³-hybridized carbons (Fsp3) is 0.238. The number of rotatable bonds is 3. The van der Waals surface area contributed by atoms with Crippen molar-refractivity contribution >= 4 is 5.95 Å². The highest BCUT2D eigenvalue weighted by Crippen LogP contribution is 2.25. The van der Waals surface area contributed by atoms with Crippen LogP contribution in [0.25, 0.3) is 22.4 Å². The Bertz CT molecular complexity index is 791. The van der Waals surface area contributed by atoms with Gasteiger partial charge in [0.25, 0.3) is 0 Å². The molecule has 3 aromatic rings. The molecule has 1 saturated heterocycles. The third-order valence-electron chi connectivity index (χ3n) is 4.57. The molecule has 0 atom stereocenters. The van der Waals surface area contributed by atoms with Crippen LogP contribution >= 0.6 is 0 Å². The zero-order chi connectivity index (χ0) is 16.2. The summed E-state index contributed by atoms with van der Waals surface area (Å²) in [7, 11) is 0. The van der Waals surface area contributed by atoms with E-state index in [0.717, 1.165) is 30.3 Å². The average molecular weight is 315 g/mol. The zero-order valence-electron chi connectivity index (χ0n) is 13.7. The summed E-state index contributed by atoms with van der Waals surface area (Å²) >= 11 is 0. The fourth-order valence-electron chi connectivity index (χ4n) is 3.22. The third-order valence-corrected chi connectivity index (χ3v) is 4.57. The largest absolute Gasteiger partial charge is 0.341 e. The summed E-state index contributed by atoms with van der Waals surface area (Å²) in [5.74, 6) is 0.860. The third kappa shape index (κ3) is 3.16. The maximum atomic E-state index is 4.78. The lowest BCUT2D eigenvalue weighted by molar-refractivity contribution is 0.568. The van der Waals surface area contributed by atoms with Crippen molar-refractivity contribution in [3.8, 4) is 22.4 Å². The molecule has 120 valence electrons. The smallest absolute Gasteiger partial charge is 0.225 e. The lowest BCUT2D eigenvalue weighted by Gasteiger charge is -2.26. The van der Waals surface area contributed by atoms with E-state index in [1.165, 1.54) is 30.4 Å².